The second kappa shape index (κ2) is 7.09. The maximum absolute atomic E-state index is 12.4. The highest BCUT2D eigenvalue weighted by Crippen LogP contribution is 2.10. The molecule has 2 amide bonds. The van der Waals surface area contributed by atoms with E-state index in [2.05, 4.69) is 15.7 Å². The standard InChI is InChI=1S/C17H22N4O2/c1-11(2)15(17(23)18-14-8-9-21(4)20-14)19-16(22)13-7-5-6-12(3)10-13/h5-11,15H,1-4H3,(H,19,22)(H,18,20,23)/t15-/m1/s1. The predicted molar refractivity (Wildman–Crippen MR) is 89.1 cm³/mol. The molecule has 0 spiro atoms. The van der Waals surface area contributed by atoms with Gasteiger partial charge in [-0.25, -0.2) is 0 Å². The van der Waals surface area contributed by atoms with E-state index < -0.39 is 6.04 Å². The molecule has 2 N–H and O–H groups in total. The lowest BCUT2D eigenvalue weighted by molar-refractivity contribution is -0.118. The maximum atomic E-state index is 12.4. The molecule has 0 saturated heterocycles. The third-order valence-electron chi connectivity index (χ3n) is 3.48. The number of aryl methyl sites for hydroxylation is 2. The van der Waals surface area contributed by atoms with Gasteiger partial charge < -0.3 is 10.6 Å². The van der Waals surface area contributed by atoms with Crippen molar-refractivity contribution in [3.8, 4) is 0 Å². The molecule has 0 aliphatic rings. The van der Waals surface area contributed by atoms with Crippen molar-refractivity contribution in [1.29, 1.82) is 0 Å². The fourth-order valence-corrected chi connectivity index (χ4v) is 2.23. The smallest absolute Gasteiger partial charge is 0.251 e. The zero-order valence-electron chi connectivity index (χ0n) is 13.8. The third-order valence-corrected chi connectivity index (χ3v) is 3.48. The van der Waals surface area contributed by atoms with E-state index in [-0.39, 0.29) is 17.7 Å². The Morgan fingerprint density at radius 1 is 1.22 bits per heavy atom. The van der Waals surface area contributed by atoms with E-state index >= 15 is 0 Å². The number of rotatable bonds is 5. The Hall–Kier alpha value is -2.63. The summed E-state index contributed by atoms with van der Waals surface area (Å²) < 4.78 is 1.60. The number of aromatic nitrogens is 2. The van der Waals surface area contributed by atoms with Crippen molar-refractivity contribution in [2.45, 2.75) is 26.8 Å². The number of hydrogen-bond donors (Lipinski definition) is 2. The summed E-state index contributed by atoms with van der Waals surface area (Å²) in [5, 5.41) is 9.64. The number of nitrogens with zero attached hydrogens (tertiary/aromatic N) is 2. The maximum Gasteiger partial charge on any atom is 0.251 e. The summed E-state index contributed by atoms with van der Waals surface area (Å²) in [5.74, 6) is -0.122. The Morgan fingerprint density at radius 3 is 2.52 bits per heavy atom. The van der Waals surface area contributed by atoms with Gasteiger partial charge in [0.1, 0.15) is 6.04 Å². The lowest BCUT2D eigenvalue weighted by atomic mass is 10.0. The fourth-order valence-electron chi connectivity index (χ4n) is 2.23. The van der Waals surface area contributed by atoms with Gasteiger partial charge in [0.25, 0.3) is 5.91 Å². The normalized spacial score (nSPS) is 12.0. The molecular weight excluding hydrogens is 292 g/mol. The largest absolute Gasteiger partial charge is 0.340 e. The zero-order chi connectivity index (χ0) is 17.0. The number of carbonyl (C=O) groups excluding carboxylic acids is 2. The van der Waals surface area contributed by atoms with Crippen molar-refractivity contribution in [3.05, 3.63) is 47.7 Å². The molecule has 0 unspecified atom stereocenters. The van der Waals surface area contributed by atoms with Gasteiger partial charge in [0.15, 0.2) is 5.82 Å². The first-order valence-electron chi connectivity index (χ1n) is 7.55. The van der Waals surface area contributed by atoms with E-state index in [4.69, 9.17) is 0 Å². The molecule has 1 aromatic carbocycles. The first-order chi connectivity index (χ1) is 10.9. The van der Waals surface area contributed by atoms with Crippen molar-refractivity contribution in [2.24, 2.45) is 13.0 Å². The second-order valence-electron chi connectivity index (χ2n) is 5.93. The van der Waals surface area contributed by atoms with Gasteiger partial charge >= 0.3 is 0 Å². The van der Waals surface area contributed by atoms with Crippen LogP contribution in [0.25, 0.3) is 0 Å². The number of benzene rings is 1. The minimum Gasteiger partial charge on any atom is -0.340 e. The summed E-state index contributed by atoms with van der Waals surface area (Å²) in [7, 11) is 1.77. The Kier molecular flexibility index (Phi) is 5.16. The van der Waals surface area contributed by atoms with Crippen LogP contribution in [0.3, 0.4) is 0 Å². The topological polar surface area (TPSA) is 76.0 Å². The molecule has 0 bridgehead atoms. The van der Waals surface area contributed by atoms with Gasteiger partial charge in [0.2, 0.25) is 5.91 Å². The van der Waals surface area contributed by atoms with Crippen molar-refractivity contribution in [2.75, 3.05) is 5.32 Å². The lowest BCUT2D eigenvalue weighted by Gasteiger charge is -2.21. The van der Waals surface area contributed by atoms with Crippen LogP contribution in [0.2, 0.25) is 0 Å². The van der Waals surface area contributed by atoms with E-state index in [1.165, 1.54) is 0 Å². The first kappa shape index (κ1) is 16.7. The van der Waals surface area contributed by atoms with Crippen molar-refractivity contribution in [1.82, 2.24) is 15.1 Å². The molecule has 6 heteroatoms. The molecule has 1 heterocycles. The van der Waals surface area contributed by atoms with Crippen LogP contribution in [0.5, 0.6) is 0 Å². The van der Waals surface area contributed by atoms with Crippen LogP contribution < -0.4 is 10.6 Å². The van der Waals surface area contributed by atoms with Crippen LogP contribution in [0.15, 0.2) is 36.5 Å². The van der Waals surface area contributed by atoms with Crippen LogP contribution in [-0.2, 0) is 11.8 Å². The van der Waals surface area contributed by atoms with E-state index in [1.807, 2.05) is 32.9 Å². The Labute approximate surface area is 135 Å². The molecule has 2 aromatic rings. The molecule has 6 nitrogen and oxygen atoms in total. The molecule has 122 valence electrons. The van der Waals surface area contributed by atoms with Gasteiger partial charge in [0.05, 0.1) is 0 Å². The molecule has 1 atom stereocenters. The van der Waals surface area contributed by atoms with Crippen molar-refractivity contribution < 1.29 is 9.59 Å². The minimum absolute atomic E-state index is 0.0486. The highest BCUT2D eigenvalue weighted by Gasteiger charge is 2.25. The zero-order valence-corrected chi connectivity index (χ0v) is 13.8. The number of anilines is 1. The van der Waals surface area contributed by atoms with Crippen molar-refractivity contribution >= 4 is 17.6 Å². The Morgan fingerprint density at radius 2 is 1.96 bits per heavy atom. The van der Waals surface area contributed by atoms with E-state index in [0.717, 1.165) is 5.56 Å². The van der Waals surface area contributed by atoms with Crippen LogP contribution in [0.1, 0.15) is 29.8 Å². The number of carbonyl (C=O) groups is 2. The minimum atomic E-state index is -0.634. The summed E-state index contributed by atoms with van der Waals surface area (Å²) in [6.07, 6.45) is 1.74. The summed E-state index contributed by atoms with van der Waals surface area (Å²) in [5.41, 5.74) is 1.54. The Balaban J connectivity index is 2.09. The Bertz CT molecular complexity index is 706. The molecule has 0 aliphatic heterocycles. The SMILES string of the molecule is Cc1cccc(C(=O)N[C@@H](C(=O)Nc2ccn(C)n2)C(C)C)c1. The number of hydrogen-bond acceptors (Lipinski definition) is 3. The van der Waals surface area contributed by atoms with Gasteiger partial charge in [0, 0.05) is 24.9 Å². The summed E-state index contributed by atoms with van der Waals surface area (Å²) in [4.78, 5) is 24.8. The van der Waals surface area contributed by atoms with Gasteiger partial charge in [-0.05, 0) is 25.0 Å². The predicted octanol–water partition coefficient (Wildman–Crippen LogP) is 2.12. The second-order valence-corrected chi connectivity index (χ2v) is 5.93. The first-order valence-corrected chi connectivity index (χ1v) is 7.55. The van der Waals surface area contributed by atoms with Crippen molar-refractivity contribution in [3.63, 3.8) is 0 Å². The molecular formula is C17H22N4O2. The van der Waals surface area contributed by atoms with Gasteiger partial charge in [-0.3, -0.25) is 14.3 Å². The average Bonchev–Trinajstić information content (AvgIpc) is 2.89. The fraction of sp³-hybridized carbons (Fsp3) is 0.353. The van der Waals surface area contributed by atoms with Crippen LogP contribution in [0, 0.1) is 12.8 Å². The quantitative estimate of drug-likeness (QED) is 0.887. The molecule has 1 aromatic heterocycles. The number of nitrogens with one attached hydrogen (secondary N) is 2. The number of amides is 2. The van der Waals surface area contributed by atoms with Gasteiger partial charge in [-0.1, -0.05) is 31.5 Å². The van der Waals surface area contributed by atoms with Crippen LogP contribution >= 0.6 is 0 Å². The van der Waals surface area contributed by atoms with Gasteiger partial charge in [-0.2, -0.15) is 5.10 Å². The van der Waals surface area contributed by atoms with E-state index in [1.54, 1.807) is 36.1 Å². The van der Waals surface area contributed by atoms with Crippen LogP contribution in [-0.4, -0.2) is 27.6 Å². The average molecular weight is 314 g/mol. The van der Waals surface area contributed by atoms with Crippen LogP contribution in [0.4, 0.5) is 5.82 Å². The molecule has 23 heavy (non-hydrogen) atoms. The monoisotopic (exact) mass is 314 g/mol. The highest BCUT2D eigenvalue weighted by atomic mass is 16.2. The molecule has 2 rings (SSSR count). The molecule has 0 saturated carbocycles. The molecule has 0 radical (unpaired) electrons. The lowest BCUT2D eigenvalue weighted by Crippen LogP contribution is -2.47. The van der Waals surface area contributed by atoms with Gasteiger partial charge in [-0.15, -0.1) is 0 Å². The summed E-state index contributed by atoms with van der Waals surface area (Å²) >= 11 is 0. The third kappa shape index (κ3) is 4.42. The van der Waals surface area contributed by atoms with E-state index in [9.17, 15) is 9.59 Å². The molecule has 0 fully saturated rings. The summed E-state index contributed by atoms with van der Waals surface area (Å²) in [6, 6.07) is 8.34. The molecule has 0 aliphatic carbocycles. The summed E-state index contributed by atoms with van der Waals surface area (Å²) in [6.45, 7) is 5.70. The van der Waals surface area contributed by atoms with E-state index in [0.29, 0.717) is 11.4 Å². The highest BCUT2D eigenvalue weighted by molar-refractivity contribution is 6.01.